The molecule has 0 aliphatic rings. The third-order valence-corrected chi connectivity index (χ3v) is 3.98. The van der Waals surface area contributed by atoms with E-state index in [1.807, 2.05) is 35.6 Å². The lowest BCUT2D eigenvalue weighted by Crippen LogP contribution is -2.21. The van der Waals surface area contributed by atoms with Crippen LogP contribution >= 0.6 is 0 Å². The first-order valence-corrected chi connectivity index (χ1v) is 8.81. The molecule has 5 nitrogen and oxygen atoms in total. The number of halogens is 3. The highest BCUT2D eigenvalue weighted by atomic mass is 19.2. The molecule has 1 amide bonds. The number of esters is 1. The minimum atomic E-state index is -1.71. The molecule has 30 heavy (non-hydrogen) atoms. The Bertz CT molecular complexity index is 1040. The molecule has 8 heteroatoms. The van der Waals surface area contributed by atoms with Crippen molar-refractivity contribution in [2.24, 2.45) is 0 Å². The molecule has 0 saturated carbocycles. The van der Waals surface area contributed by atoms with Crippen molar-refractivity contribution in [1.29, 1.82) is 0 Å². The van der Waals surface area contributed by atoms with Crippen molar-refractivity contribution in [2.45, 2.75) is 6.61 Å². The summed E-state index contributed by atoms with van der Waals surface area (Å²) in [7, 11) is 0. The van der Waals surface area contributed by atoms with Crippen LogP contribution in [0.4, 0.5) is 18.9 Å². The summed E-state index contributed by atoms with van der Waals surface area (Å²) in [5.41, 5.74) is 0.605. The van der Waals surface area contributed by atoms with E-state index in [4.69, 9.17) is 9.47 Å². The fourth-order valence-electron chi connectivity index (χ4n) is 2.45. The number of ether oxygens (including phenoxy) is 2. The molecule has 0 aliphatic heterocycles. The molecule has 0 heterocycles. The second-order valence-electron chi connectivity index (χ2n) is 6.15. The maximum Gasteiger partial charge on any atom is 0.338 e. The number of anilines is 1. The largest absolute Gasteiger partial charge is 0.489 e. The Hall–Kier alpha value is -3.81. The SMILES string of the molecule is O=C(COC(=O)c1ccc(OCc2ccccc2)cc1)Nc1ccc(F)c(F)c1F. The highest BCUT2D eigenvalue weighted by Gasteiger charge is 2.16. The first kappa shape index (κ1) is 20.9. The lowest BCUT2D eigenvalue weighted by atomic mass is 10.2. The number of benzene rings is 3. The molecule has 3 aromatic rings. The van der Waals surface area contributed by atoms with Gasteiger partial charge in [0.25, 0.3) is 5.91 Å². The number of amides is 1. The van der Waals surface area contributed by atoms with Crippen LogP contribution in [0.25, 0.3) is 0 Å². The van der Waals surface area contributed by atoms with Gasteiger partial charge in [0.1, 0.15) is 12.4 Å². The summed E-state index contributed by atoms with van der Waals surface area (Å²) in [5, 5.41) is 2.01. The van der Waals surface area contributed by atoms with Crippen molar-refractivity contribution in [3.63, 3.8) is 0 Å². The summed E-state index contributed by atoms with van der Waals surface area (Å²) < 4.78 is 50.1. The fourth-order valence-corrected chi connectivity index (χ4v) is 2.45. The normalized spacial score (nSPS) is 10.4. The smallest absolute Gasteiger partial charge is 0.338 e. The second kappa shape index (κ2) is 9.60. The van der Waals surface area contributed by atoms with Crippen molar-refractivity contribution in [2.75, 3.05) is 11.9 Å². The van der Waals surface area contributed by atoms with Crippen molar-refractivity contribution in [1.82, 2.24) is 0 Å². The van der Waals surface area contributed by atoms with E-state index in [9.17, 15) is 22.8 Å². The monoisotopic (exact) mass is 415 g/mol. The van der Waals surface area contributed by atoms with E-state index in [-0.39, 0.29) is 5.56 Å². The highest BCUT2D eigenvalue weighted by molar-refractivity contribution is 5.95. The number of nitrogens with one attached hydrogen (secondary N) is 1. The van der Waals surface area contributed by atoms with Gasteiger partial charge in [-0.1, -0.05) is 30.3 Å². The van der Waals surface area contributed by atoms with Crippen LogP contribution in [0, 0.1) is 17.5 Å². The van der Waals surface area contributed by atoms with Crippen molar-refractivity contribution >= 4 is 17.6 Å². The van der Waals surface area contributed by atoms with E-state index in [1.54, 1.807) is 12.1 Å². The average molecular weight is 415 g/mol. The minimum absolute atomic E-state index is 0.175. The molecule has 154 valence electrons. The van der Waals surface area contributed by atoms with Crippen LogP contribution in [0.1, 0.15) is 15.9 Å². The van der Waals surface area contributed by atoms with Crippen LogP contribution < -0.4 is 10.1 Å². The summed E-state index contributed by atoms with van der Waals surface area (Å²) in [6.45, 7) is -0.366. The maximum absolute atomic E-state index is 13.5. The molecular formula is C22H16F3NO4. The van der Waals surface area contributed by atoms with Gasteiger partial charge in [0, 0.05) is 0 Å². The first-order valence-electron chi connectivity index (χ1n) is 8.81. The zero-order valence-electron chi connectivity index (χ0n) is 15.5. The summed E-state index contributed by atoms with van der Waals surface area (Å²) >= 11 is 0. The van der Waals surface area contributed by atoms with Crippen molar-refractivity contribution in [3.05, 3.63) is 95.3 Å². The predicted octanol–water partition coefficient (Wildman–Crippen LogP) is 4.48. The Morgan fingerprint density at radius 3 is 2.23 bits per heavy atom. The lowest BCUT2D eigenvalue weighted by molar-refractivity contribution is -0.119. The van der Waals surface area contributed by atoms with E-state index in [0.29, 0.717) is 18.4 Å². The number of rotatable bonds is 7. The minimum Gasteiger partial charge on any atom is -0.489 e. The quantitative estimate of drug-likeness (QED) is 0.457. The fraction of sp³-hybridized carbons (Fsp3) is 0.0909. The molecule has 0 unspecified atom stereocenters. The Morgan fingerprint density at radius 2 is 1.53 bits per heavy atom. The Balaban J connectivity index is 1.49. The van der Waals surface area contributed by atoms with Gasteiger partial charge in [0.15, 0.2) is 24.1 Å². The van der Waals surface area contributed by atoms with Gasteiger partial charge in [-0.05, 0) is 42.0 Å². The van der Waals surface area contributed by atoms with E-state index in [0.717, 1.165) is 11.6 Å². The van der Waals surface area contributed by atoms with Crippen LogP contribution in [0.3, 0.4) is 0 Å². The predicted molar refractivity (Wildman–Crippen MR) is 102 cm³/mol. The zero-order chi connectivity index (χ0) is 21.5. The molecule has 0 atom stereocenters. The molecule has 0 spiro atoms. The number of hydrogen-bond donors (Lipinski definition) is 1. The zero-order valence-corrected chi connectivity index (χ0v) is 15.5. The molecule has 0 aromatic heterocycles. The van der Waals surface area contributed by atoms with Crippen LogP contribution in [0.15, 0.2) is 66.7 Å². The van der Waals surface area contributed by atoms with Crippen molar-refractivity contribution in [3.8, 4) is 5.75 Å². The van der Waals surface area contributed by atoms with Crippen LogP contribution in [-0.2, 0) is 16.1 Å². The number of carbonyl (C=O) groups excluding carboxylic acids is 2. The Labute approximate surface area is 170 Å². The van der Waals surface area contributed by atoms with E-state index >= 15 is 0 Å². The van der Waals surface area contributed by atoms with E-state index < -0.39 is 41.6 Å². The van der Waals surface area contributed by atoms with Gasteiger partial charge in [0.2, 0.25) is 0 Å². The average Bonchev–Trinajstić information content (AvgIpc) is 2.77. The molecular weight excluding hydrogens is 399 g/mol. The summed E-state index contributed by atoms with van der Waals surface area (Å²) in [6, 6.07) is 17.2. The van der Waals surface area contributed by atoms with E-state index in [1.165, 1.54) is 12.1 Å². The maximum atomic E-state index is 13.5. The molecule has 0 fully saturated rings. The van der Waals surface area contributed by atoms with Gasteiger partial charge in [0.05, 0.1) is 11.3 Å². The number of carbonyl (C=O) groups is 2. The third-order valence-electron chi connectivity index (χ3n) is 3.98. The van der Waals surface area contributed by atoms with Crippen LogP contribution in [0.5, 0.6) is 5.75 Å². The molecule has 3 aromatic carbocycles. The van der Waals surface area contributed by atoms with Crippen LogP contribution in [-0.4, -0.2) is 18.5 Å². The van der Waals surface area contributed by atoms with Gasteiger partial charge in [-0.15, -0.1) is 0 Å². The van der Waals surface area contributed by atoms with E-state index in [2.05, 4.69) is 0 Å². The third kappa shape index (κ3) is 5.38. The molecule has 0 saturated heterocycles. The molecule has 0 aliphatic carbocycles. The first-order chi connectivity index (χ1) is 14.4. The van der Waals surface area contributed by atoms with Gasteiger partial charge in [-0.25, -0.2) is 18.0 Å². The van der Waals surface area contributed by atoms with Crippen molar-refractivity contribution < 1.29 is 32.2 Å². The highest BCUT2D eigenvalue weighted by Crippen LogP contribution is 2.19. The Kier molecular flexibility index (Phi) is 6.69. The molecule has 3 rings (SSSR count). The Morgan fingerprint density at radius 1 is 0.833 bits per heavy atom. The summed E-state index contributed by atoms with van der Waals surface area (Å²) in [4.78, 5) is 23.8. The molecule has 0 bridgehead atoms. The lowest BCUT2D eigenvalue weighted by Gasteiger charge is -2.09. The van der Waals surface area contributed by atoms with Crippen LogP contribution in [0.2, 0.25) is 0 Å². The molecule has 0 radical (unpaired) electrons. The summed E-state index contributed by atoms with van der Waals surface area (Å²) in [5.74, 6) is -5.78. The topological polar surface area (TPSA) is 64.6 Å². The second-order valence-corrected chi connectivity index (χ2v) is 6.15. The van der Waals surface area contributed by atoms with Gasteiger partial charge in [-0.2, -0.15) is 0 Å². The molecule has 1 N–H and O–H groups in total. The standard InChI is InChI=1S/C22H16F3NO4/c23-17-10-11-18(21(25)20(17)24)26-19(27)13-30-22(28)15-6-8-16(9-7-15)29-12-14-4-2-1-3-5-14/h1-11H,12-13H2,(H,26,27). The van der Waals surface area contributed by atoms with Gasteiger partial charge in [-0.3, -0.25) is 4.79 Å². The van der Waals surface area contributed by atoms with Gasteiger partial charge >= 0.3 is 5.97 Å². The summed E-state index contributed by atoms with van der Waals surface area (Å²) in [6.07, 6.45) is 0. The number of hydrogen-bond acceptors (Lipinski definition) is 4. The van der Waals surface area contributed by atoms with Gasteiger partial charge < -0.3 is 14.8 Å².